The van der Waals surface area contributed by atoms with Gasteiger partial charge in [0.1, 0.15) is 5.75 Å². The second-order valence-electron chi connectivity index (χ2n) is 11.6. The van der Waals surface area contributed by atoms with Gasteiger partial charge in [0.05, 0.1) is 6.61 Å². The van der Waals surface area contributed by atoms with E-state index < -0.39 is 18.0 Å². The van der Waals surface area contributed by atoms with Crippen molar-refractivity contribution >= 4 is 35.4 Å². The molecule has 2 rings (SSSR count). The summed E-state index contributed by atoms with van der Waals surface area (Å²) in [6.07, 6.45) is 15.7. The van der Waals surface area contributed by atoms with Gasteiger partial charge in [0.25, 0.3) is 5.91 Å². The second-order valence-corrected chi connectivity index (χ2v) is 11.6. The quantitative estimate of drug-likeness (QED) is 0.0532. The molecular weight excluding hydrogens is 594 g/mol. The van der Waals surface area contributed by atoms with Gasteiger partial charge in [0.15, 0.2) is 6.17 Å². The summed E-state index contributed by atoms with van der Waals surface area (Å²) >= 11 is 0. The lowest BCUT2D eigenvalue weighted by Crippen LogP contribution is -2.52. The van der Waals surface area contributed by atoms with Crippen LogP contribution < -0.4 is 31.3 Å². The Morgan fingerprint density at radius 1 is 0.723 bits per heavy atom. The lowest BCUT2D eigenvalue weighted by atomic mass is 10.1. The summed E-state index contributed by atoms with van der Waals surface area (Å²) in [7, 11) is 0. The minimum atomic E-state index is -1.06. The van der Waals surface area contributed by atoms with Crippen LogP contribution in [0.2, 0.25) is 0 Å². The molecule has 2 aromatic rings. The number of nitrogens with one attached hydrogen (secondary N) is 5. The molecule has 0 saturated carbocycles. The van der Waals surface area contributed by atoms with Crippen LogP contribution in [0.1, 0.15) is 96.5 Å². The number of carbonyl (C=O) groups is 4. The van der Waals surface area contributed by atoms with Gasteiger partial charge in [-0.3, -0.25) is 19.2 Å². The number of carbonyl (C=O) groups excluding carboxylic acids is 4. The zero-order valence-corrected chi connectivity index (χ0v) is 28.3. The van der Waals surface area contributed by atoms with Crippen molar-refractivity contribution in [2.75, 3.05) is 31.6 Å². The first-order valence-electron chi connectivity index (χ1n) is 17.2. The van der Waals surface area contributed by atoms with Gasteiger partial charge in [-0.25, -0.2) is 0 Å². The molecule has 0 aliphatic carbocycles. The largest absolute Gasteiger partial charge is 0.494 e. The van der Waals surface area contributed by atoms with Gasteiger partial charge < -0.3 is 31.3 Å². The number of ether oxygens (including phenoxy) is 1. The highest BCUT2D eigenvalue weighted by Gasteiger charge is 2.19. The Bertz CT molecular complexity index is 1200. The molecule has 0 heterocycles. The van der Waals surface area contributed by atoms with Gasteiger partial charge in [0, 0.05) is 44.7 Å². The molecule has 4 amide bonds. The van der Waals surface area contributed by atoms with Crippen molar-refractivity contribution in [1.29, 1.82) is 0 Å². The molecule has 0 aliphatic rings. The van der Waals surface area contributed by atoms with Crippen LogP contribution in [0.25, 0.3) is 6.08 Å². The Morgan fingerprint density at radius 2 is 1.36 bits per heavy atom. The Balaban J connectivity index is 1.70. The zero-order chi connectivity index (χ0) is 34.0. The molecule has 1 atom stereocenters. The number of amides is 4. The van der Waals surface area contributed by atoms with Gasteiger partial charge in [0.2, 0.25) is 17.7 Å². The average molecular weight is 650 g/mol. The van der Waals surface area contributed by atoms with Gasteiger partial charge in [-0.1, -0.05) is 95.0 Å². The molecule has 0 aliphatic heterocycles. The van der Waals surface area contributed by atoms with Crippen molar-refractivity contribution in [2.24, 2.45) is 0 Å². The maximum absolute atomic E-state index is 12.9. The van der Waals surface area contributed by atoms with Crippen molar-refractivity contribution < 1.29 is 23.9 Å². The smallest absolute Gasteiger partial charge is 0.263 e. The lowest BCUT2D eigenvalue weighted by Gasteiger charge is -2.20. The third kappa shape index (κ3) is 19.7. The number of hydrogen-bond acceptors (Lipinski definition) is 6. The monoisotopic (exact) mass is 649 g/mol. The molecule has 47 heavy (non-hydrogen) atoms. The van der Waals surface area contributed by atoms with Crippen LogP contribution in [-0.4, -0.2) is 56.0 Å². The van der Waals surface area contributed by atoms with Crippen LogP contribution >= 0.6 is 0 Å². The normalized spacial score (nSPS) is 11.4. The third-order valence-electron chi connectivity index (χ3n) is 7.41. The molecule has 0 aromatic heterocycles. The molecule has 5 N–H and O–H groups in total. The molecule has 10 heteroatoms. The van der Waals surface area contributed by atoms with Crippen LogP contribution in [0.4, 0.5) is 5.69 Å². The van der Waals surface area contributed by atoms with Gasteiger partial charge >= 0.3 is 0 Å². The number of anilines is 1. The number of rotatable bonds is 25. The van der Waals surface area contributed by atoms with Crippen molar-refractivity contribution in [3.63, 3.8) is 0 Å². The summed E-state index contributed by atoms with van der Waals surface area (Å²) in [6.45, 7) is 5.24. The predicted molar refractivity (Wildman–Crippen MR) is 189 cm³/mol. The Hall–Kier alpha value is -4.34. The number of unbranched alkanes of at least 4 members (excludes halogenated alkanes) is 9. The van der Waals surface area contributed by atoms with E-state index in [1.807, 2.05) is 30.3 Å². The molecule has 10 nitrogen and oxygen atoms in total. The highest BCUT2D eigenvalue weighted by Crippen LogP contribution is 2.17. The molecule has 0 radical (unpaired) electrons. The topological polar surface area (TPSA) is 138 Å². The zero-order valence-electron chi connectivity index (χ0n) is 28.3. The predicted octanol–water partition coefficient (Wildman–Crippen LogP) is 5.70. The summed E-state index contributed by atoms with van der Waals surface area (Å²) in [5, 5.41) is 14.1. The van der Waals surface area contributed by atoms with E-state index in [4.69, 9.17) is 4.74 Å². The van der Waals surface area contributed by atoms with E-state index >= 15 is 0 Å². The van der Waals surface area contributed by atoms with E-state index in [9.17, 15) is 19.2 Å². The first-order valence-corrected chi connectivity index (χ1v) is 17.2. The Labute approximate surface area is 280 Å². The first-order chi connectivity index (χ1) is 22.9. The van der Waals surface area contributed by atoms with Crippen LogP contribution in [0.5, 0.6) is 5.75 Å². The third-order valence-corrected chi connectivity index (χ3v) is 7.41. The average Bonchev–Trinajstić information content (AvgIpc) is 3.07. The molecule has 258 valence electrons. The molecule has 0 saturated heterocycles. The van der Waals surface area contributed by atoms with E-state index in [-0.39, 0.29) is 24.9 Å². The summed E-state index contributed by atoms with van der Waals surface area (Å²) in [6, 6.07) is 16.4. The molecule has 1 unspecified atom stereocenters. The SMILES string of the molecule is CCCCCCCCCCCCNC(=O)CCCOc1ccc(NC(NC(=O)C=Cc2ccccc2)C(=O)NCCNC(C)=O)cc1. The van der Waals surface area contributed by atoms with Gasteiger partial charge in [-0.2, -0.15) is 0 Å². The minimum absolute atomic E-state index is 0.0473. The summed E-state index contributed by atoms with van der Waals surface area (Å²) in [5.74, 6) is -0.420. The van der Waals surface area contributed by atoms with Gasteiger partial charge in [-0.15, -0.1) is 0 Å². The minimum Gasteiger partial charge on any atom is -0.494 e. The van der Waals surface area contributed by atoms with E-state index in [1.165, 1.54) is 64.4 Å². The van der Waals surface area contributed by atoms with E-state index in [0.29, 0.717) is 30.9 Å². The van der Waals surface area contributed by atoms with E-state index in [0.717, 1.165) is 24.9 Å². The molecular formula is C37H55N5O5. The first kappa shape index (κ1) is 38.8. The van der Waals surface area contributed by atoms with Crippen LogP contribution in [0, 0.1) is 0 Å². The summed E-state index contributed by atoms with van der Waals surface area (Å²) < 4.78 is 5.80. The van der Waals surface area contributed by atoms with E-state index in [2.05, 4.69) is 33.5 Å². The standard InChI is InChI=1S/C37H55N5O5/c1-3-4-5-6-7-8-9-10-11-15-26-39-34(44)19-16-29-47-33-23-21-32(22-24-33)41-36(37(46)40-28-27-38-30(2)43)42-35(45)25-20-31-17-13-12-14-18-31/h12-14,17-18,20-25,36,41H,3-11,15-16,19,26-29H2,1-2H3,(H,38,43)(H,39,44)(H,40,46)(H,42,45). The van der Waals surface area contributed by atoms with Crippen molar-refractivity contribution in [3.05, 3.63) is 66.2 Å². The fourth-order valence-electron chi connectivity index (χ4n) is 4.79. The Morgan fingerprint density at radius 3 is 2.02 bits per heavy atom. The van der Waals surface area contributed by atoms with Gasteiger partial charge in [-0.05, 0) is 48.7 Å². The lowest BCUT2D eigenvalue weighted by molar-refractivity contribution is -0.126. The van der Waals surface area contributed by atoms with Crippen molar-refractivity contribution in [3.8, 4) is 5.75 Å². The second kappa shape index (κ2) is 24.8. The van der Waals surface area contributed by atoms with Crippen LogP contribution in [0.3, 0.4) is 0 Å². The summed E-state index contributed by atoms with van der Waals surface area (Å²) in [5.41, 5.74) is 1.45. The van der Waals surface area contributed by atoms with Crippen molar-refractivity contribution in [1.82, 2.24) is 21.3 Å². The van der Waals surface area contributed by atoms with Crippen molar-refractivity contribution in [2.45, 2.75) is 97.1 Å². The molecule has 0 bridgehead atoms. The van der Waals surface area contributed by atoms with E-state index in [1.54, 1.807) is 30.3 Å². The number of hydrogen-bond donors (Lipinski definition) is 5. The molecule has 0 fully saturated rings. The molecule has 2 aromatic carbocycles. The van der Waals surface area contributed by atoms with Crippen LogP contribution in [0.15, 0.2) is 60.7 Å². The summed E-state index contributed by atoms with van der Waals surface area (Å²) in [4.78, 5) is 48.8. The number of benzene rings is 2. The fraction of sp³-hybridized carbons (Fsp3) is 0.514. The highest BCUT2D eigenvalue weighted by atomic mass is 16.5. The fourth-order valence-corrected chi connectivity index (χ4v) is 4.79. The molecule has 0 spiro atoms. The van der Waals surface area contributed by atoms with Crippen LogP contribution in [-0.2, 0) is 19.2 Å². The maximum Gasteiger partial charge on any atom is 0.263 e. The maximum atomic E-state index is 12.9. The Kier molecular flexibility index (Phi) is 20.5. The highest BCUT2D eigenvalue weighted by molar-refractivity contribution is 5.96.